The maximum absolute atomic E-state index is 5.31. The molecule has 0 spiro atoms. The molecule has 14 heavy (non-hydrogen) atoms. The Hall–Kier alpha value is -0.0800. The van der Waals surface area contributed by atoms with E-state index in [1.165, 1.54) is 12.8 Å². The fourth-order valence-electron chi connectivity index (χ4n) is 1.84. The Labute approximate surface area is 89.4 Å². The first-order valence-electron chi connectivity index (χ1n) is 5.83. The van der Waals surface area contributed by atoms with Crippen molar-refractivity contribution in [1.82, 2.24) is 5.32 Å². The van der Waals surface area contributed by atoms with Crippen LogP contribution in [0.3, 0.4) is 0 Å². The fourth-order valence-corrected chi connectivity index (χ4v) is 1.84. The van der Waals surface area contributed by atoms with Crippen molar-refractivity contribution in [3.8, 4) is 0 Å². The monoisotopic (exact) mass is 201 g/mol. The van der Waals surface area contributed by atoms with Gasteiger partial charge in [0.15, 0.2) is 0 Å². The van der Waals surface area contributed by atoms with Crippen LogP contribution in [0.15, 0.2) is 0 Å². The molecule has 0 aromatic carbocycles. The minimum Gasteiger partial charge on any atom is -0.382 e. The van der Waals surface area contributed by atoms with Gasteiger partial charge in [0.25, 0.3) is 0 Å². The van der Waals surface area contributed by atoms with Crippen molar-refractivity contribution in [2.75, 3.05) is 20.2 Å². The summed E-state index contributed by atoms with van der Waals surface area (Å²) in [7, 11) is 1.80. The highest BCUT2D eigenvalue weighted by atomic mass is 16.5. The molecule has 0 aromatic rings. The maximum atomic E-state index is 5.31. The molecule has 0 aliphatic carbocycles. The molecule has 2 unspecified atom stereocenters. The van der Waals surface area contributed by atoms with Gasteiger partial charge in [-0.3, -0.25) is 0 Å². The lowest BCUT2D eigenvalue weighted by atomic mass is 9.92. The quantitative estimate of drug-likeness (QED) is 0.652. The van der Waals surface area contributed by atoms with Crippen LogP contribution >= 0.6 is 0 Å². The molecule has 0 fully saturated rings. The third kappa shape index (κ3) is 7.34. The van der Waals surface area contributed by atoms with Gasteiger partial charge in [-0.05, 0) is 44.7 Å². The topological polar surface area (TPSA) is 21.3 Å². The van der Waals surface area contributed by atoms with Crippen LogP contribution in [0.2, 0.25) is 0 Å². The predicted octanol–water partition coefficient (Wildman–Crippen LogP) is 2.68. The standard InChI is InChI=1S/C12H27NO/c1-6-13-9-12(7-10(2)3)8-11(4)14-5/h10-13H,6-9H2,1-5H3. The van der Waals surface area contributed by atoms with E-state index in [4.69, 9.17) is 4.74 Å². The van der Waals surface area contributed by atoms with Crippen LogP contribution in [0.5, 0.6) is 0 Å². The first-order valence-corrected chi connectivity index (χ1v) is 5.83. The van der Waals surface area contributed by atoms with Gasteiger partial charge >= 0.3 is 0 Å². The lowest BCUT2D eigenvalue weighted by molar-refractivity contribution is 0.0910. The molecule has 2 atom stereocenters. The highest BCUT2D eigenvalue weighted by Gasteiger charge is 2.13. The maximum Gasteiger partial charge on any atom is 0.0546 e. The smallest absolute Gasteiger partial charge is 0.0546 e. The van der Waals surface area contributed by atoms with E-state index in [0.29, 0.717) is 6.10 Å². The lowest BCUT2D eigenvalue weighted by Gasteiger charge is -2.22. The van der Waals surface area contributed by atoms with E-state index in [1.807, 2.05) is 0 Å². The number of rotatable bonds is 8. The molecule has 0 aromatic heterocycles. The van der Waals surface area contributed by atoms with Crippen LogP contribution in [0.4, 0.5) is 0 Å². The summed E-state index contributed by atoms with van der Waals surface area (Å²) < 4.78 is 5.31. The highest BCUT2D eigenvalue weighted by molar-refractivity contribution is 4.67. The molecular formula is C12H27NO. The molecule has 0 radical (unpaired) electrons. The molecule has 0 amide bonds. The van der Waals surface area contributed by atoms with E-state index in [2.05, 4.69) is 33.0 Å². The molecule has 2 nitrogen and oxygen atoms in total. The highest BCUT2D eigenvalue weighted by Crippen LogP contribution is 2.17. The van der Waals surface area contributed by atoms with Gasteiger partial charge in [-0.2, -0.15) is 0 Å². The minimum atomic E-state index is 0.386. The van der Waals surface area contributed by atoms with Crippen LogP contribution in [-0.4, -0.2) is 26.3 Å². The van der Waals surface area contributed by atoms with Gasteiger partial charge in [0.2, 0.25) is 0 Å². The zero-order valence-corrected chi connectivity index (χ0v) is 10.5. The number of hydrogen-bond acceptors (Lipinski definition) is 2. The second kappa shape index (κ2) is 8.25. The predicted molar refractivity (Wildman–Crippen MR) is 62.6 cm³/mol. The van der Waals surface area contributed by atoms with Crippen LogP contribution < -0.4 is 5.32 Å². The van der Waals surface area contributed by atoms with Gasteiger partial charge in [0.05, 0.1) is 6.10 Å². The SMILES string of the molecule is CCNCC(CC(C)C)CC(C)OC. The Morgan fingerprint density at radius 2 is 1.79 bits per heavy atom. The van der Waals surface area contributed by atoms with Gasteiger partial charge in [-0.25, -0.2) is 0 Å². The molecule has 0 bridgehead atoms. The Morgan fingerprint density at radius 3 is 2.21 bits per heavy atom. The number of hydrogen-bond donors (Lipinski definition) is 1. The molecule has 0 saturated carbocycles. The Kier molecular flexibility index (Phi) is 8.20. The zero-order chi connectivity index (χ0) is 11.0. The van der Waals surface area contributed by atoms with Gasteiger partial charge in [0, 0.05) is 7.11 Å². The fraction of sp³-hybridized carbons (Fsp3) is 1.00. The van der Waals surface area contributed by atoms with Crippen molar-refractivity contribution in [1.29, 1.82) is 0 Å². The van der Waals surface area contributed by atoms with E-state index in [1.54, 1.807) is 7.11 Å². The van der Waals surface area contributed by atoms with Crippen LogP contribution in [0.1, 0.15) is 40.5 Å². The number of methoxy groups -OCH3 is 1. The van der Waals surface area contributed by atoms with Crippen LogP contribution in [0, 0.1) is 11.8 Å². The molecule has 1 N–H and O–H groups in total. The van der Waals surface area contributed by atoms with Crippen molar-refractivity contribution in [3.63, 3.8) is 0 Å². The summed E-state index contributed by atoms with van der Waals surface area (Å²) in [5.74, 6) is 1.53. The number of nitrogens with one attached hydrogen (secondary N) is 1. The van der Waals surface area contributed by atoms with Gasteiger partial charge in [-0.15, -0.1) is 0 Å². The van der Waals surface area contributed by atoms with Gasteiger partial charge in [-0.1, -0.05) is 20.8 Å². The van der Waals surface area contributed by atoms with E-state index < -0.39 is 0 Å². The molecule has 0 aliphatic heterocycles. The van der Waals surface area contributed by atoms with Gasteiger partial charge in [0.1, 0.15) is 0 Å². The third-order valence-corrected chi connectivity index (χ3v) is 2.56. The van der Waals surface area contributed by atoms with E-state index in [0.717, 1.165) is 24.9 Å². The van der Waals surface area contributed by atoms with Crippen molar-refractivity contribution >= 4 is 0 Å². The van der Waals surface area contributed by atoms with E-state index >= 15 is 0 Å². The molecule has 0 heterocycles. The second-order valence-electron chi connectivity index (χ2n) is 4.59. The number of ether oxygens (including phenoxy) is 1. The summed E-state index contributed by atoms with van der Waals surface area (Å²) in [6, 6.07) is 0. The molecule has 2 heteroatoms. The lowest BCUT2D eigenvalue weighted by Crippen LogP contribution is -2.26. The summed E-state index contributed by atoms with van der Waals surface area (Å²) in [6.45, 7) is 11.1. The van der Waals surface area contributed by atoms with Crippen molar-refractivity contribution in [2.45, 2.75) is 46.6 Å². The van der Waals surface area contributed by atoms with E-state index in [-0.39, 0.29) is 0 Å². The van der Waals surface area contributed by atoms with Crippen molar-refractivity contribution in [2.24, 2.45) is 11.8 Å². The Balaban J connectivity index is 3.83. The normalized spacial score (nSPS) is 15.9. The molecular weight excluding hydrogens is 174 g/mol. The van der Waals surface area contributed by atoms with Crippen LogP contribution in [0.25, 0.3) is 0 Å². The largest absolute Gasteiger partial charge is 0.382 e. The molecule has 86 valence electrons. The van der Waals surface area contributed by atoms with Crippen molar-refractivity contribution < 1.29 is 4.74 Å². The average molecular weight is 201 g/mol. The molecule has 0 saturated heterocycles. The van der Waals surface area contributed by atoms with Crippen molar-refractivity contribution in [3.05, 3.63) is 0 Å². The second-order valence-corrected chi connectivity index (χ2v) is 4.59. The van der Waals surface area contributed by atoms with Crippen LogP contribution in [-0.2, 0) is 4.74 Å². The Morgan fingerprint density at radius 1 is 1.14 bits per heavy atom. The van der Waals surface area contributed by atoms with E-state index in [9.17, 15) is 0 Å². The third-order valence-electron chi connectivity index (χ3n) is 2.56. The summed E-state index contributed by atoms with van der Waals surface area (Å²) in [4.78, 5) is 0. The first kappa shape index (κ1) is 13.9. The summed E-state index contributed by atoms with van der Waals surface area (Å²) in [6.07, 6.45) is 2.85. The molecule has 0 rings (SSSR count). The summed E-state index contributed by atoms with van der Waals surface area (Å²) in [5.41, 5.74) is 0. The first-order chi connectivity index (χ1) is 6.60. The summed E-state index contributed by atoms with van der Waals surface area (Å²) >= 11 is 0. The Bertz CT molecular complexity index is 125. The average Bonchev–Trinajstić information content (AvgIpc) is 2.13. The van der Waals surface area contributed by atoms with Gasteiger partial charge < -0.3 is 10.1 Å². The summed E-state index contributed by atoms with van der Waals surface area (Å²) in [5, 5.41) is 3.43. The minimum absolute atomic E-state index is 0.386. The molecule has 0 aliphatic rings. The zero-order valence-electron chi connectivity index (χ0n) is 10.5.